The molecule has 0 aliphatic carbocycles. The van der Waals surface area contributed by atoms with Crippen molar-refractivity contribution in [2.24, 2.45) is 4.36 Å². The second-order valence-electron chi connectivity index (χ2n) is 6.01. The Hall–Kier alpha value is -2.95. The minimum Gasteiger partial charge on any atom is -0.325 e. The van der Waals surface area contributed by atoms with Gasteiger partial charge in [0, 0.05) is 11.8 Å². The zero-order valence-electron chi connectivity index (χ0n) is 15.4. The highest BCUT2D eigenvalue weighted by Gasteiger charge is 2.11. The number of benzene rings is 2. The van der Waals surface area contributed by atoms with Gasteiger partial charge in [0.05, 0.1) is 10.6 Å². The van der Waals surface area contributed by atoms with Gasteiger partial charge in [-0.25, -0.2) is 9.19 Å². The molecule has 0 aliphatic heterocycles. The molecule has 10 heteroatoms. The van der Waals surface area contributed by atoms with Crippen LogP contribution in [-0.2, 0) is 14.8 Å². The number of anilines is 1. The molecule has 8 nitrogen and oxygen atoms in total. The summed E-state index contributed by atoms with van der Waals surface area (Å²) in [4.78, 5) is 30.6. The Bertz CT molecular complexity index is 1180. The molecule has 150 valence electrons. The summed E-state index contributed by atoms with van der Waals surface area (Å²) in [6, 6.07) is 16.2. The summed E-state index contributed by atoms with van der Waals surface area (Å²) in [5.41, 5.74) is 1.20. The number of carbonyl (C=O) groups excluding carboxylic acids is 1. The van der Waals surface area contributed by atoms with Gasteiger partial charge in [0.25, 0.3) is 5.56 Å². The van der Waals surface area contributed by atoms with Crippen LogP contribution in [0.2, 0.25) is 0 Å². The Kier molecular flexibility index (Phi) is 6.47. The quantitative estimate of drug-likeness (QED) is 0.406. The molecule has 2 aromatic carbocycles. The molecule has 0 aliphatic rings. The number of thioether (sulfide) groups is 1. The first-order chi connectivity index (χ1) is 13.8. The molecule has 0 radical (unpaired) electrons. The number of hydrogen-bond acceptors (Lipinski definition) is 6. The average molecular weight is 431 g/mol. The number of nitrogens with zero attached hydrogens (tertiary/aromatic N) is 2. The molecule has 1 atom stereocenters. The van der Waals surface area contributed by atoms with Crippen molar-refractivity contribution in [3.05, 3.63) is 76.6 Å². The van der Waals surface area contributed by atoms with Crippen LogP contribution >= 0.6 is 11.8 Å². The van der Waals surface area contributed by atoms with Crippen molar-refractivity contribution >= 4 is 39.2 Å². The maximum Gasteiger partial charge on any atom is 0.253 e. The fourth-order valence-corrected chi connectivity index (χ4v) is 3.92. The molecule has 1 heterocycles. The van der Waals surface area contributed by atoms with Gasteiger partial charge in [0.1, 0.15) is 0 Å². The van der Waals surface area contributed by atoms with E-state index in [1.807, 2.05) is 19.1 Å². The first-order valence-electron chi connectivity index (χ1n) is 8.47. The Labute approximate surface area is 171 Å². The molecule has 3 N–H and O–H groups in total. The van der Waals surface area contributed by atoms with E-state index in [4.69, 9.17) is 0 Å². The summed E-state index contributed by atoms with van der Waals surface area (Å²) in [5.74, 6) is -0.474. The summed E-state index contributed by atoms with van der Waals surface area (Å²) in [5, 5.41) is 2.86. The maximum absolute atomic E-state index is 12.4. The lowest BCUT2D eigenvalue weighted by molar-refractivity contribution is -0.113. The van der Waals surface area contributed by atoms with Crippen molar-refractivity contribution < 1.29 is 13.6 Å². The Morgan fingerprint density at radius 3 is 2.59 bits per heavy atom. The van der Waals surface area contributed by atoms with Gasteiger partial charge >= 0.3 is 0 Å². The van der Waals surface area contributed by atoms with Crippen molar-refractivity contribution in [3.8, 4) is 0 Å². The third-order valence-electron chi connectivity index (χ3n) is 3.65. The highest BCUT2D eigenvalue weighted by atomic mass is 32.2. The number of aryl methyl sites for hydroxylation is 1. The van der Waals surface area contributed by atoms with Crippen molar-refractivity contribution in [3.63, 3.8) is 0 Å². The largest absolute Gasteiger partial charge is 0.325 e. The van der Waals surface area contributed by atoms with Crippen LogP contribution in [0, 0.1) is 6.92 Å². The molecule has 0 spiro atoms. The lowest BCUT2D eigenvalue weighted by Crippen LogP contribution is -2.15. The summed E-state index contributed by atoms with van der Waals surface area (Å²) < 4.78 is 26.3. The van der Waals surface area contributed by atoms with E-state index >= 15 is 0 Å². The second-order valence-corrected chi connectivity index (χ2v) is 8.62. The monoisotopic (exact) mass is 430 g/mol. The second kappa shape index (κ2) is 9.03. The third-order valence-corrected chi connectivity index (χ3v) is 5.84. The standard InChI is InChI=1S/C19H18N4O4S2/c1-13-7-9-14(10-8-13)20-18(25)12-28-19-21-16(11-17(24)22-19)23-29(26,27)15-5-3-2-4-6-15/h2-11H,12H2,1H3,(H,20,25)(H2,21,22,23,24,26,27). The fraction of sp³-hybridized carbons (Fsp3) is 0.105. The smallest absolute Gasteiger partial charge is 0.253 e. The highest BCUT2D eigenvalue weighted by molar-refractivity contribution is 7.99. The number of nitrogens with one attached hydrogen (secondary N) is 2. The van der Waals surface area contributed by atoms with Gasteiger partial charge in [0.15, 0.2) is 21.0 Å². The normalized spacial score (nSPS) is 12.8. The van der Waals surface area contributed by atoms with Gasteiger partial charge in [-0.1, -0.05) is 47.7 Å². The van der Waals surface area contributed by atoms with Crippen molar-refractivity contribution in [1.82, 2.24) is 9.97 Å². The number of aromatic amines is 1. The van der Waals surface area contributed by atoms with E-state index in [1.165, 1.54) is 12.1 Å². The summed E-state index contributed by atoms with van der Waals surface area (Å²) in [6.45, 7) is 1.95. The molecular weight excluding hydrogens is 412 g/mol. The third kappa shape index (κ3) is 6.01. The summed E-state index contributed by atoms with van der Waals surface area (Å²) in [6.07, 6.45) is 0. The highest BCUT2D eigenvalue weighted by Crippen LogP contribution is 2.19. The SMILES string of the molecule is Cc1ccc(NC(=O)CSc2nc(N=S(=O)(O)c3ccccc3)cc(=O)[nH]2)cc1. The molecular formula is C19H18N4O4S2. The van der Waals surface area contributed by atoms with E-state index in [1.54, 1.807) is 30.3 Å². The molecule has 0 saturated carbocycles. The molecule has 3 rings (SSSR count). The molecule has 0 saturated heterocycles. The van der Waals surface area contributed by atoms with E-state index in [-0.39, 0.29) is 27.5 Å². The average Bonchev–Trinajstić information content (AvgIpc) is 2.68. The van der Waals surface area contributed by atoms with E-state index in [0.29, 0.717) is 5.69 Å². The minimum atomic E-state index is -3.75. The van der Waals surface area contributed by atoms with Gasteiger partial charge in [-0.15, -0.1) is 0 Å². The van der Waals surface area contributed by atoms with Crippen LogP contribution in [0.1, 0.15) is 5.56 Å². The Balaban J connectivity index is 1.73. The Morgan fingerprint density at radius 1 is 1.21 bits per heavy atom. The van der Waals surface area contributed by atoms with Gasteiger partial charge in [0.2, 0.25) is 5.91 Å². The number of hydrogen-bond donors (Lipinski definition) is 3. The van der Waals surface area contributed by atoms with Gasteiger partial charge in [-0.3, -0.25) is 14.1 Å². The van der Waals surface area contributed by atoms with Crippen molar-refractivity contribution in [2.45, 2.75) is 17.0 Å². The number of rotatable bonds is 6. The zero-order chi connectivity index (χ0) is 20.9. The Morgan fingerprint density at radius 2 is 1.90 bits per heavy atom. The molecule has 0 fully saturated rings. The van der Waals surface area contributed by atoms with Crippen molar-refractivity contribution in [1.29, 1.82) is 0 Å². The van der Waals surface area contributed by atoms with Gasteiger partial charge in [-0.2, -0.15) is 4.36 Å². The lowest BCUT2D eigenvalue weighted by atomic mass is 10.2. The molecule has 1 unspecified atom stereocenters. The number of H-pyrrole nitrogens is 1. The maximum atomic E-state index is 12.4. The van der Waals surface area contributed by atoms with Crippen LogP contribution < -0.4 is 10.9 Å². The van der Waals surface area contributed by atoms with Crippen LogP contribution in [0.4, 0.5) is 11.5 Å². The van der Waals surface area contributed by atoms with Crippen LogP contribution in [0.15, 0.2) is 79.9 Å². The topological polar surface area (TPSA) is 125 Å². The number of carbonyl (C=O) groups is 1. The lowest BCUT2D eigenvalue weighted by Gasteiger charge is -2.06. The summed E-state index contributed by atoms with van der Waals surface area (Å²) in [7, 11) is -3.75. The van der Waals surface area contributed by atoms with Crippen molar-refractivity contribution in [2.75, 3.05) is 11.1 Å². The van der Waals surface area contributed by atoms with E-state index in [2.05, 4.69) is 19.6 Å². The van der Waals surface area contributed by atoms with Crippen LogP contribution in [0.3, 0.4) is 0 Å². The van der Waals surface area contributed by atoms with Crippen LogP contribution in [-0.4, -0.2) is 30.4 Å². The number of amides is 1. The predicted molar refractivity (Wildman–Crippen MR) is 113 cm³/mol. The fourth-order valence-electron chi connectivity index (χ4n) is 2.28. The van der Waals surface area contributed by atoms with Gasteiger partial charge < -0.3 is 10.3 Å². The number of aromatic nitrogens is 2. The van der Waals surface area contributed by atoms with Gasteiger partial charge in [-0.05, 0) is 31.2 Å². The predicted octanol–water partition coefficient (Wildman–Crippen LogP) is 3.44. The molecule has 29 heavy (non-hydrogen) atoms. The van der Waals surface area contributed by atoms with E-state index in [0.717, 1.165) is 23.4 Å². The van der Waals surface area contributed by atoms with E-state index in [9.17, 15) is 18.4 Å². The first kappa shape index (κ1) is 20.8. The molecule has 3 aromatic rings. The molecule has 1 aromatic heterocycles. The van der Waals surface area contributed by atoms with E-state index < -0.39 is 15.6 Å². The van der Waals surface area contributed by atoms with Crippen LogP contribution in [0.5, 0.6) is 0 Å². The van der Waals surface area contributed by atoms with Crippen LogP contribution in [0.25, 0.3) is 0 Å². The first-order valence-corrected chi connectivity index (χ1v) is 10.9. The zero-order valence-corrected chi connectivity index (χ0v) is 17.0. The minimum absolute atomic E-state index is 0.00649. The molecule has 1 amide bonds. The molecule has 0 bridgehead atoms. The summed E-state index contributed by atoms with van der Waals surface area (Å²) >= 11 is 0.988.